The van der Waals surface area contributed by atoms with Gasteiger partial charge in [0.1, 0.15) is 0 Å². The van der Waals surface area contributed by atoms with Gasteiger partial charge in [-0.25, -0.2) is 0 Å². The molecule has 0 saturated carbocycles. The Morgan fingerprint density at radius 1 is 1.67 bits per heavy atom. The zero-order valence-electron chi connectivity index (χ0n) is 5.93. The summed E-state index contributed by atoms with van der Waals surface area (Å²) in [7, 11) is 2.15. The molecule has 1 aliphatic rings. The fourth-order valence-corrected chi connectivity index (χ4v) is 2.23. The first-order chi connectivity index (χ1) is 4.33. The number of likely N-dealkylation sites (N-methyl/N-ethyl adjacent to an activating group) is 1. The van der Waals surface area contributed by atoms with Gasteiger partial charge in [-0.05, 0) is 0 Å². The van der Waals surface area contributed by atoms with Crippen LogP contribution in [0.5, 0.6) is 0 Å². The molecule has 0 bridgehead atoms. The van der Waals surface area contributed by atoms with Crippen LogP contribution in [0.3, 0.4) is 0 Å². The van der Waals surface area contributed by atoms with Crippen LogP contribution in [-0.2, 0) is 3.07 Å². The first-order valence-corrected chi connectivity index (χ1v) is 6.20. The number of nitrogens with zero attached hydrogens (tertiary/aromatic N) is 1. The zero-order chi connectivity index (χ0) is 6.69. The second kappa shape index (κ2) is 3.73. The van der Waals surface area contributed by atoms with E-state index >= 15 is 0 Å². The van der Waals surface area contributed by atoms with Gasteiger partial charge >= 0.3 is 67.2 Å². The summed E-state index contributed by atoms with van der Waals surface area (Å²) in [6, 6.07) is 0. The third-order valence-electron chi connectivity index (χ3n) is 1.56. The van der Waals surface area contributed by atoms with E-state index in [1.54, 1.807) is 0 Å². The summed E-state index contributed by atoms with van der Waals surface area (Å²) in [5.74, 6) is 0. The van der Waals surface area contributed by atoms with Crippen LogP contribution in [-0.4, -0.2) is 36.1 Å². The molecule has 1 unspecified atom stereocenters. The van der Waals surface area contributed by atoms with E-state index in [1.165, 1.54) is 13.0 Å². The molecule has 0 aromatic carbocycles. The molecule has 1 atom stereocenters. The van der Waals surface area contributed by atoms with Gasteiger partial charge in [-0.15, -0.1) is 0 Å². The molecule has 3 heteroatoms. The molecule has 0 radical (unpaired) electrons. The van der Waals surface area contributed by atoms with Crippen LogP contribution in [0.25, 0.3) is 0 Å². The van der Waals surface area contributed by atoms with Crippen LogP contribution in [0.15, 0.2) is 0 Å². The van der Waals surface area contributed by atoms with Crippen molar-refractivity contribution in [3.8, 4) is 0 Å². The fourth-order valence-electron chi connectivity index (χ4n) is 1.09. The minimum atomic E-state index is 0.0483. The van der Waals surface area contributed by atoms with E-state index < -0.39 is 0 Å². The summed E-state index contributed by atoms with van der Waals surface area (Å²) in [4.78, 5) is 4.49. The molecule has 9 heavy (non-hydrogen) atoms. The Balaban J connectivity index is 2.14. The third kappa shape index (κ3) is 2.39. The van der Waals surface area contributed by atoms with E-state index in [4.69, 9.17) is 3.07 Å². The van der Waals surface area contributed by atoms with E-state index in [1.807, 2.05) is 0 Å². The van der Waals surface area contributed by atoms with Crippen molar-refractivity contribution in [1.82, 2.24) is 4.90 Å². The molecule has 2 nitrogen and oxygen atoms in total. The summed E-state index contributed by atoms with van der Waals surface area (Å²) in [5, 5.41) is 0. The van der Waals surface area contributed by atoms with Crippen LogP contribution in [0.4, 0.5) is 0 Å². The van der Waals surface area contributed by atoms with Gasteiger partial charge in [0.15, 0.2) is 0 Å². The Morgan fingerprint density at radius 3 is 2.89 bits per heavy atom. The summed E-state index contributed by atoms with van der Waals surface area (Å²) >= 11 is 0.0483. The number of hydrogen-bond acceptors (Lipinski definition) is 2. The molecule has 0 aromatic rings. The second-order valence-corrected chi connectivity index (χ2v) is 3.81. The topological polar surface area (TPSA) is 12.5 Å². The quantitative estimate of drug-likeness (QED) is 0.387. The molecule has 0 N–H and O–H groups in total. The van der Waals surface area contributed by atoms with Gasteiger partial charge in [-0.1, -0.05) is 0 Å². The van der Waals surface area contributed by atoms with Crippen molar-refractivity contribution in [2.75, 3.05) is 25.1 Å². The Morgan fingerprint density at radius 2 is 2.44 bits per heavy atom. The molecule has 0 amide bonds. The summed E-state index contributed by atoms with van der Waals surface area (Å²) in [6.07, 6.45) is 1.80. The SMILES string of the molecule is C[I-]OC1CCN(C)C1. The molecular weight excluding hydrogens is 229 g/mol. The maximum absolute atomic E-state index is 5.54. The van der Waals surface area contributed by atoms with E-state index in [0.717, 1.165) is 6.54 Å². The van der Waals surface area contributed by atoms with Gasteiger partial charge in [-0.3, -0.25) is 0 Å². The van der Waals surface area contributed by atoms with Crippen molar-refractivity contribution < 1.29 is 24.7 Å². The molecule has 56 valence electrons. The standard InChI is InChI=1S/C6H13INO/c1-7-9-6-3-4-8(2)5-6/h6H,3-5H2,1-2H3/q-1. The van der Waals surface area contributed by atoms with E-state index in [2.05, 4.69) is 16.9 Å². The number of halogens is 1. The predicted molar refractivity (Wildman–Crippen MR) is 32.9 cm³/mol. The van der Waals surface area contributed by atoms with Crippen molar-refractivity contribution in [3.05, 3.63) is 0 Å². The monoisotopic (exact) mass is 242 g/mol. The minimum absolute atomic E-state index is 0.0483. The van der Waals surface area contributed by atoms with Crippen molar-refractivity contribution >= 4 is 0 Å². The van der Waals surface area contributed by atoms with Gasteiger partial charge in [-0.2, -0.15) is 0 Å². The van der Waals surface area contributed by atoms with E-state index in [9.17, 15) is 0 Å². The number of alkyl halides is 1. The van der Waals surface area contributed by atoms with Crippen LogP contribution in [0.2, 0.25) is 0 Å². The molecule has 1 aliphatic heterocycles. The molecule has 0 aliphatic carbocycles. The Hall–Kier alpha value is 0.650. The molecular formula is C6H13INO-. The number of rotatable bonds is 2. The summed E-state index contributed by atoms with van der Waals surface area (Å²) in [6.45, 7) is 2.36. The average Bonchev–Trinajstić information content (AvgIpc) is 2.17. The molecule has 1 rings (SSSR count). The van der Waals surface area contributed by atoms with Gasteiger partial charge in [0.2, 0.25) is 0 Å². The molecule has 0 aromatic heterocycles. The van der Waals surface area contributed by atoms with Crippen LogP contribution in [0.1, 0.15) is 6.42 Å². The van der Waals surface area contributed by atoms with Crippen molar-refractivity contribution in [1.29, 1.82) is 0 Å². The van der Waals surface area contributed by atoms with Crippen molar-refractivity contribution in [2.24, 2.45) is 0 Å². The van der Waals surface area contributed by atoms with Gasteiger partial charge in [0, 0.05) is 0 Å². The first kappa shape index (κ1) is 7.75. The molecule has 0 spiro atoms. The molecule has 1 saturated heterocycles. The van der Waals surface area contributed by atoms with Gasteiger partial charge in [0.25, 0.3) is 0 Å². The fraction of sp³-hybridized carbons (Fsp3) is 1.00. The van der Waals surface area contributed by atoms with Crippen LogP contribution in [0, 0.1) is 0 Å². The van der Waals surface area contributed by atoms with Crippen LogP contribution >= 0.6 is 0 Å². The van der Waals surface area contributed by atoms with Crippen molar-refractivity contribution in [2.45, 2.75) is 12.5 Å². The second-order valence-electron chi connectivity index (χ2n) is 2.42. The Labute approximate surface area is 67.4 Å². The van der Waals surface area contributed by atoms with Gasteiger partial charge < -0.3 is 0 Å². The maximum atomic E-state index is 5.54. The Kier molecular flexibility index (Phi) is 3.21. The number of likely N-dealkylation sites (tertiary alicyclic amines) is 1. The molecule has 1 heterocycles. The van der Waals surface area contributed by atoms with E-state index in [0.29, 0.717) is 6.10 Å². The van der Waals surface area contributed by atoms with Gasteiger partial charge in [0.05, 0.1) is 0 Å². The van der Waals surface area contributed by atoms with Crippen molar-refractivity contribution in [3.63, 3.8) is 0 Å². The summed E-state index contributed by atoms with van der Waals surface area (Å²) in [5.41, 5.74) is 0. The molecule has 1 fully saturated rings. The third-order valence-corrected chi connectivity index (χ3v) is 2.79. The Bertz CT molecular complexity index is 87.1. The van der Waals surface area contributed by atoms with Crippen LogP contribution < -0.4 is 21.6 Å². The normalized spacial score (nSPS) is 29.8. The predicted octanol–water partition coefficient (Wildman–Crippen LogP) is -2.66. The zero-order valence-corrected chi connectivity index (χ0v) is 8.09. The van der Waals surface area contributed by atoms with E-state index in [-0.39, 0.29) is 21.6 Å². The first-order valence-electron chi connectivity index (χ1n) is 3.16. The summed E-state index contributed by atoms with van der Waals surface area (Å²) < 4.78 is 5.54. The number of hydrogen-bond donors (Lipinski definition) is 0. The average molecular weight is 242 g/mol.